The van der Waals surface area contributed by atoms with Gasteiger partial charge in [-0.3, -0.25) is 4.98 Å². The highest BCUT2D eigenvalue weighted by Gasteiger charge is 2.15. The SMILES string of the molecule is COc1ccccc1CN(C)c1nc(-c2ccccn2)nc(C)c1C. The summed E-state index contributed by atoms with van der Waals surface area (Å²) in [5.74, 6) is 2.42. The molecule has 0 radical (unpaired) electrons. The molecule has 128 valence electrons. The summed E-state index contributed by atoms with van der Waals surface area (Å²) < 4.78 is 5.46. The van der Waals surface area contributed by atoms with E-state index in [2.05, 4.69) is 20.9 Å². The number of nitrogens with zero attached hydrogens (tertiary/aromatic N) is 4. The van der Waals surface area contributed by atoms with Crippen LogP contribution in [0.1, 0.15) is 16.8 Å². The summed E-state index contributed by atoms with van der Waals surface area (Å²) in [6, 6.07) is 13.8. The summed E-state index contributed by atoms with van der Waals surface area (Å²) >= 11 is 0. The van der Waals surface area contributed by atoms with Gasteiger partial charge in [0.2, 0.25) is 0 Å². The second kappa shape index (κ2) is 7.30. The highest BCUT2D eigenvalue weighted by Crippen LogP contribution is 2.26. The average Bonchev–Trinajstić information content (AvgIpc) is 2.65. The normalized spacial score (nSPS) is 10.6. The van der Waals surface area contributed by atoms with Gasteiger partial charge in [-0.1, -0.05) is 24.3 Å². The molecule has 0 aliphatic rings. The molecule has 5 nitrogen and oxygen atoms in total. The fraction of sp³-hybridized carbons (Fsp3) is 0.250. The lowest BCUT2D eigenvalue weighted by Crippen LogP contribution is -2.20. The molecule has 0 aliphatic carbocycles. The van der Waals surface area contributed by atoms with Crippen LogP contribution in [-0.4, -0.2) is 29.1 Å². The Morgan fingerprint density at radius 3 is 2.48 bits per heavy atom. The van der Waals surface area contributed by atoms with Crippen LogP contribution in [-0.2, 0) is 6.54 Å². The van der Waals surface area contributed by atoms with E-state index in [4.69, 9.17) is 9.72 Å². The lowest BCUT2D eigenvalue weighted by molar-refractivity contribution is 0.409. The molecule has 0 spiro atoms. The number of aromatic nitrogens is 3. The van der Waals surface area contributed by atoms with E-state index >= 15 is 0 Å². The first kappa shape index (κ1) is 16.9. The summed E-state index contributed by atoms with van der Waals surface area (Å²) in [7, 11) is 3.72. The van der Waals surface area contributed by atoms with Crippen molar-refractivity contribution in [2.24, 2.45) is 0 Å². The van der Waals surface area contributed by atoms with Gasteiger partial charge in [0.1, 0.15) is 17.3 Å². The van der Waals surface area contributed by atoms with Crippen molar-refractivity contribution in [3.8, 4) is 17.3 Å². The molecule has 3 aromatic rings. The Morgan fingerprint density at radius 2 is 1.76 bits per heavy atom. The Kier molecular flexibility index (Phi) is 4.93. The average molecular weight is 334 g/mol. The van der Waals surface area contributed by atoms with Crippen LogP contribution in [0.25, 0.3) is 11.5 Å². The van der Waals surface area contributed by atoms with Gasteiger partial charge in [0.05, 0.1) is 7.11 Å². The van der Waals surface area contributed by atoms with Crippen LogP contribution in [0.4, 0.5) is 5.82 Å². The summed E-state index contributed by atoms with van der Waals surface area (Å²) in [5.41, 5.74) is 3.91. The lowest BCUT2D eigenvalue weighted by Gasteiger charge is -2.22. The van der Waals surface area contributed by atoms with Crippen molar-refractivity contribution in [3.05, 3.63) is 65.5 Å². The third-order valence-corrected chi connectivity index (χ3v) is 4.22. The van der Waals surface area contributed by atoms with Gasteiger partial charge in [-0.05, 0) is 32.0 Å². The predicted molar refractivity (Wildman–Crippen MR) is 99.8 cm³/mol. The van der Waals surface area contributed by atoms with Gasteiger partial charge in [-0.15, -0.1) is 0 Å². The third-order valence-electron chi connectivity index (χ3n) is 4.22. The minimum atomic E-state index is 0.644. The molecular weight excluding hydrogens is 312 g/mol. The van der Waals surface area contributed by atoms with Gasteiger partial charge in [-0.25, -0.2) is 9.97 Å². The number of rotatable bonds is 5. The Morgan fingerprint density at radius 1 is 1.00 bits per heavy atom. The zero-order valence-corrected chi connectivity index (χ0v) is 15.0. The number of hydrogen-bond acceptors (Lipinski definition) is 5. The van der Waals surface area contributed by atoms with Crippen molar-refractivity contribution in [3.63, 3.8) is 0 Å². The highest BCUT2D eigenvalue weighted by atomic mass is 16.5. The van der Waals surface area contributed by atoms with Crippen LogP contribution in [0.2, 0.25) is 0 Å². The second-order valence-corrected chi connectivity index (χ2v) is 5.96. The number of benzene rings is 1. The van der Waals surface area contributed by atoms with Crippen LogP contribution >= 0.6 is 0 Å². The molecule has 0 N–H and O–H groups in total. The van der Waals surface area contributed by atoms with Gasteiger partial charge >= 0.3 is 0 Å². The van der Waals surface area contributed by atoms with Crippen molar-refractivity contribution in [2.45, 2.75) is 20.4 Å². The first-order valence-electron chi connectivity index (χ1n) is 8.20. The fourth-order valence-corrected chi connectivity index (χ4v) is 2.76. The Labute approximate surface area is 148 Å². The van der Waals surface area contributed by atoms with Gasteiger partial charge < -0.3 is 9.64 Å². The molecule has 0 saturated heterocycles. The molecule has 0 fully saturated rings. The zero-order valence-electron chi connectivity index (χ0n) is 15.0. The number of pyridine rings is 1. The molecule has 5 heteroatoms. The molecular formula is C20H22N4O. The Hall–Kier alpha value is -2.95. The molecule has 0 amide bonds. The standard InChI is InChI=1S/C20H22N4O/c1-14-15(2)22-19(17-10-7-8-12-21-17)23-20(14)24(3)13-16-9-5-6-11-18(16)25-4/h5-12H,13H2,1-4H3. The third kappa shape index (κ3) is 3.60. The van der Waals surface area contributed by atoms with E-state index in [-0.39, 0.29) is 0 Å². The van der Waals surface area contributed by atoms with Crippen LogP contribution in [0, 0.1) is 13.8 Å². The van der Waals surface area contributed by atoms with Crippen molar-refractivity contribution in [2.75, 3.05) is 19.1 Å². The van der Waals surface area contributed by atoms with Gasteiger partial charge in [0.25, 0.3) is 0 Å². The Balaban J connectivity index is 1.97. The molecule has 25 heavy (non-hydrogen) atoms. The van der Waals surface area contributed by atoms with Crippen molar-refractivity contribution in [1.82, 2.24) is 15.0 Å². The summed E-state index contributed by atoms with van der Waals surface area (Å²) in [6.07, 6.45) is 1.76. The van der Waals surface area contributed by atoms with Crippen LogP contribution in [0.3, 0.4) is 0 Å². The Bertz CT molecular complexity index is 865. The molecule has 0 aliphatic heterocycles. The summed E-state index contributed by atoms with van der Waals surface area (Å²) in [4.78, 5) is 15.9. The molecule has 0 unspecified atom stereocenters. The summed E-state index contributed by atoms with van der Waals surface area (Å²) in [6.45, 7) is 4.75. The number of hydrogen-bond donors (Lipinski definition) is 0. The number of para-hydroxylation sites is 1. The minimum absolute atomic E-state index is 0.644. The molecule has 3 rings (SSSR count). The van der Waals surface area contributed by atoms with Crippen molar-refractivity contribution >= 4 is 5.82 Å². The van der Waals surface area contributed by atoms with Gasteiger partial charge in [0.15, 0.2) is 5.82 Å². The maximum atomic E-state index is 5.46. The molecule has 1 aromatic carbocycles. The lowest BCUT2D eigenvalue weighted by atomic mass is 10.1. The number of anilines is 1. The van der Waals surface area contributed by atoms with E-state index in [1.807, 2.05) is 57.3 Å². The predicted octanol–water partition coefficient (Wildman–Crippen LogP) is 3.80. The second-order valence-electron chi connectivity index (χ2n) is 5.96. The quantitative estimate of drug-likeness (QED) is 0.710. The minimum Gasteiger partial charge on any atom is -0.496 e. The van der Waals surface area contributed by atoms with E-state index in [1.54, 1.807) is 13.3 Å². The maximum absolute atomic E-state index is 5.46. The number of aryl methyl sites for hydroxylation is 1. The first-order chi connectivity index (χ1) is 12.1. The zero-order chi connectivity index (χ0) is 17.8. The molecule has 2 aromatic heterocycles. The monoisotopic (exact) mass is 334 g/mol. The number of methoxy groups -OCH3 is 1. The molecule has 0 saturated carbocycles. The van der Waals surface area contributed by atoms with Crippen molar-refractivity contribution in [1.29, 1.82) is 0 Å². The van der Waals surface area contributed by atoms with E-state index in [1.165, 1.54) is 0 Å². The number of ether oxygens (including phenoxy) is 1. The first-order valence-corrected chi connectivity index (χ1v) is 8.20. The molecule has 2 heterocycles. The highest BCUT2D eigenvalue weighted by molar-refractivity contribution is 5.57. The van der Waals surface area contributed by atoms with E-state index in [0.29, 0.717) is 12.4 Å². The van der Waals surface area contributed by atoms with Crippen LogP contribution < -0.4 is 9.64 Å². The van der Waals surface area contributed by atoms with Crippen molar-refractivity contribution < 1.29 is 4.74 Å². The smallest absolute Gasteiger partial charge is 0.180 e. The van der Waals surface area contributed by atoms with Crippen LogP contribution in [0.15, 0.2) is 48.7 Å². The topological polar surface area (TPSA) is 51.1 Å². The van der Waals surface area contributed by atoms with E-state index in [0.717, 1.165) is 34.1 Å². The largest absolute Gasteiger partial charge is 0.496 e. The van der Waals surface area contributed by atoms with Gasteiger partial charge in [0, 0.05) is 36.6 Å². The maximum Gasteiger partial charge on any atom is 0.180 e. The van der Waals surface area contributed by atoms with Crippen LogP contribution in [0.5, 0.6) is 5.75 Å². The molecule has 0 bridgehead atoms. The summed E-state index contributed by atoms with van der Waals surface area (Å²) in [5, 5.41) is 0. The van der Waals surface area contributed by atoms with E-state index in [9.17, 15) is 0 Å². The van der Waals surface area contributed by atoms with E-state index < -0.39 is 0 Å². The fourth-order valence-electron chi connectivity index (χ4n) is 2.76. The molecule has 0 atom stereocenters. The van der Waals surface area contributed by atoms with Gasteiger partial charge in [-0.2, -0.15) is 0 Å².